The number of nitrogens with one attached hydrogen (secondary N) is 1. The minimum Gasteiger partial charge on any atom is -0.339 e. The van der Waals surface area contributed by atoms with Crippen molar-refractivity contribution >= 4 is 15.9 Å². The first-order valence-electron chi connectivity index (χ1n) is 12.2. The normalized spacial score (nSPS) is 20.1. The van der Waals surface area contributed by atoms with Crippen LogP contribution in [0.4, 0.5) is 0 Å². The minimum atomic E-state index is -3.83. The Labute approximate surface area is 206 Å². The molecule has 1 aliphatic heterocycles. The van der Waals surface area contributed by atoms with Crippen molar-refractivity contribution in [2.75, 3.05) is 13.1 Å². The van der Waals surface area contributed by atoms with Crippen LogP contribution in [0, 0.1) is 6.92 Å². The number of carbonyl (C=O) groups is 1. The number of nitrogens with zero attached hydrogens (tertiary/aromatic N) is 4. The summed E-state index contributed by atoms with van der Waals surface area (Å²) in [6.07, 6.45) is 6.35. The molecular weight excluding hydrogens is 462 g/mol. The van der Waals surface area contributed by atoms with Gasteiger partial charge in [-0.2, -0.15) is 4.72 Å². The van der Waals surface area contributed by atoms with E-state index < -0.39 is 15.6 Å². The summed E-state index contributed by atoms with van der Waals surface area (Å²) in [4.78, 5) is 15.9. The van der Waals surface area contributed by atoms with E-state index in [4.69, 9.17) is 0 Å². The number of benzene rings is 2. The molecule has 1 atom stereocenters. The standard InChI is InChI=1S/C26H31N5O3S/c1-20-9-8-12-23(17-20)35(33,34)28-26(14-6-3-7-15-26)25(32)30-16-13-22(18-30)31-19-24(27-29-31)21-10-4-2-5-11-21/h2,4-5,8-12,17,19,22,28H,3,6-7,13-16,18H2,1H3. The summed E-state index contributed by atoms with van der Waals surface area (Å²) in [7, 11) is -3.83. The van der Waals surface area contributed by atoms with Crippen molar-refractivity contribution in [2.24, 2.45) is 0 Å². The summed E-state index contributed by atoms with van der Waals surface area (Å²) in [5, 5.41) is 8.63. The molecule has 1 aromatic heterocycles. The van der Waals surface area contributed by atoms with Gasteiger partial charge < -0.3 is 4.90 Å². The second-order valence-electron chi connectivity index (χ2n) is 9.71. The van der Waals surface area contributed by atoms with Crippen molar-refractivity contribution < 1.29 is 13.2 Å². The van der Waals surface area contributed by atoms with Crippen molar-refractivity contribution in [3.8, 4) is 11.3 Å². The number of likely N-dealkylation sites (tertiary alicyclic amines) is 1. The van der Waals surface area contributed by atoms with Gasteiger partial charge in [-0.1, -0.05) is 66.9 Å². The van der Waals surface area contributed by atoms with Crippen molar-refractivity contribution in [1.29, 1.82) is 0 Å². The van der Waals surface area contributed by atoms with Crippen LogP contribution < -0.4 is 4.72 Å². The highest BCUT2D eigenvalue weighted by Crippen LogP contribution is 2.34. The largest absolute Gasteiger partial charge is 0.339 e. The van der Waals surface area contributed by atoms with Gasteiger partial charge in [0.05, 0.1) is 17.1 Å². The average molecular weight is 494 g/mol. The lowest BCUT2D eigenvalue weighted by Crippen LogP contribution is -2.60. The Morgan fingerprint density at radius 2 is 1.83 bits per heavy atom. The van der Waals surface area contributed by atoms with E-state index in [0.717, 1.165) is 42.5 Å². The zero-order chi connectivity index (χ0) is 24.5. The van der Waals surface area contributed by atoms with E-state index >= 15 is 0 Å². The molecule has 5 rings (SSSR count). The molecule has 1 amide bonds. The summed E-state index contributed by atoms with van der Waals surface area (Å²) in [5.74, 6) is -0.126. The van der Waals surface area contributed by atoms with Gasteiger partial charge in [0.2, 0.25) is 15.9 Å². The lowest BCUT2D eigenvalue weighted by atomic mass is 9.81. The number of carbonyl (C=O) groups excluding carboxylic acids is 1. The van der Waals surface area contributed by atoms with Gasteiger partial charge in [0.15, 0.2) is 0 Å². The van der Waals surface area contributed by atoms with Gasteiger partial charge in [-0.3, -0.25) is 4.79 Å². The van der Waals surface area contributed by atoms with Gasteiger partial charge in [0, 0.05) is 18.7 Å². The lowest BCUT2D eigenvalue weighted by Gasteiger charge is -2.39. The summed E-state index contributed by atoms with van der Waals surface area (Å²) in [6.45, 7) is 2.92. The fourth-order valence-corrected chi connectivity index (χ4v) is 6.78. The number of sulfonamides is 1. The maximum Gasteiger partial charge on any atom is 0.243 e. The highest BCUT2D eigenvalue weighted by atomic mass is 32.2. The third-order valence-corrected chi connectivity index (χ3v) is 8.68. The Morgan fingerprint density at radius 1 is 1.06 bits per heavy atom. The van der Waals surface area contributed by atoms with Crippen LogP contribution in [0.3, 0.4) is 0 Å². The van der Waals surface area contributed by atoms with Crippen molar-refractivity contribution in [3.63, 3.8) is 0 Å². The summed E-state index contributed by atoms with van der Waals surface area (Å²) in [6, 6.07) is 16.7. The molecule has 0 bridgehead atoms. The summed E-state index contributed by atoms with van der Waals surface area (Å²) >= 11 is 0. The molecule has 1 saturated carbocycles. The van der Waals surface area contributed by atoms with Gasteiger partial charge in [-0.05, 0) is 43.9 Å². The molecule has 9 heteroatoms. The molecule has 0 radical (unpaired) electrons. The van der Waals surface area contributed by atoms with Crippen LogP contribution in [0.25, 0.3) is 11.3 Å². The number of amides is 1. The molecule has 0 spiro atoms. The Bertz CT molecular complexity index is 1300. The Kier molecular flexibility index (Phi) is 6.46. The maximum atomic E-state index is 13.9. The number of aryl methyl sites for hydroxylation is 1. The maximum absolute atomic E-state index is 13.9. The third kappa shape index (κ3) is 4.88. The number of rotatable bonds is 6. The molecule has 3 aromatic rings. The van der Waals surface area contributed by atoms with Crippen LogP contribution in [0.5, 0.6) is 0 Å². The second-order valence-corrected chi connectivity index (χ2v) is 11.4. The van der Waals surface area contributed by atoms with Gasteiger partial charge in [-0.15, -0.1) is 5.10 Å². The molecule has 2 heterocycles. The van der Waals surface area contributed by atoms with E-state index in [-0.39, 0.29) is 16.8 Å². The van der Waals surface area contributed by atoms with E-state index in [0.29, 0.717) is 25.9 Å². The molecule has 1 N–H and O–H groups in total. The summed E-state index contributed by atoms with van der Waals surface area (Å²) < 4.78 is 31.3. The lowest BCUT2D eigenvalue weighted by molar-refractivity contribution is -0.138. The Hall–Kier alpha value is -3.04. The van der Waals surface area contributed by atoms with E-state index in [1.165, 1.54) is 0 Å². The van der Waals surface area contributed by atoms with E-state index in [1.54, 1.807) is 23.1 Å². The molecule has 1 aliphatic carbocycles. The first-order valence-corrected chi connectivity index (χ1v) is 13.7. The van der Waals surface area contributed by atoms with Crippen LogP contribution in [0.1, 0.15) is 50.1 Å². The SMILES string of the molecule is Cc1cccc(S(=O)(=O)NC2(C(=O)N3CCC(n4cc(-c5ccccc5)nn4)C3)CCCCC2)c1. The molecule has 1 unspecified atom stereocenters. The molecule has 2 aromatic carbocycles. The predicted octanol–water partition coefficient (Wildman–Crippen LogP) is 3.71. The minimum absolute atomic E-state index is 0.0120. The Balaban J connectivity index is 1.34. The van der Waals surface area contributed by atoms with Crippen LogP contribution in [-0.2, 0) is 14.8 Å². The summed E-state index contributed by atoms with van der Waals surface area (Å²) in [5.41, 5.74) is 1.55. The van der Waals surface area contributed by atoms with Crippen LogP contribution >= 0.6 is 0 Å². The van der Waals surface area contributed by atoms with Crippen LogP contribution in [0.15, 0.2) is 65.7 Å². The highest BCUT2D eigenvalue weighted by Gasteiger charge is 2.46. The molecule has 184 valence electrons. The number of hydrogen-bond acceptors (Lipinski definition) is 5. The third-order valence-electron chi connectivity index (χ3n) is 7.15. The fraction of sp³-hybridized carbons (Fsp3) is 0.423. The molecule has 35 heavy (non-hydrogen) atoms. The number of hydrogen-bond donors (Lipinski definition) is 1. The zero-order valence-electron chi connectivity index (χ0n) is 19.9. The van der Waals surface area contributed by atoms with E-state index in [2.05, 4.69) is 15.0 Å². The molecule has 2 fully saturated rings. The zero-order valence-corrected chi connectivity index (χ0v) is 20.7. The van der Waals surface area contributed by atoms with E-state index in [9.17, 15) is 13.2 Å². The average Bonchev–Trinajstić information content (AvgIpc) is 3.55. The first kappa shape index (κ1) is 23.7. The van der Waals surface area contributed by atoms with Gasteiger partial charge in [0.25, 0.3) is 0 Å². The number of aromatic nitrogens is 3. The van der Waals surface area contributed by atoms with Crippen LogP contribution in [0.2, 0.25) is 0 Å². The van der Waals surface area contributed by atoms with Crippen molar-refractivity contribution in [1.82, 2.24) is 24.6 Å². The Morgan fingerprint density at radius 3 is 2.57 bits per heavy atom. The quantitative estimate of drug-likeness (QED) is 0.565. The fourth-order valence-electron chi connectivity index (χ4n) is 5.25. The molecule has 2 aliphatic rings. The topological polar surface area (TPSA) is 97.2 Å². The van der Waals surface area contributed by atoms with Crippen molar-refractivity contribution in [2.45, 2.75) is 61.9 Å². The first-order chi connectivity index (χ1) is 16.9. The van der Waals surface area contributed by atoms with Crippen molar-refractivity contribution in [3.05, 3.63) is 66.4 Å². The van der Waals surface area contributed by atoms with Crippen LogP contribution in [-0.4, -0.2) is 52.8 Å². The smallest absolute Gasteiger partial charge is 0.243 e. The van der Waals surface area contributed by atoms with Gasteiger partial charge in [-0.25, -0.2) is 13.1 Å². The molecule has 8 nitrogen and oxygen atoms in total. The second kappa shape index (κ2) is 9.54. The molecular formula is C26H31N5O3S. The monoisotopic (exact) mass is 493 g/mol. The predicted molar refractivity (Wildman–Crippen MR) is 133 cm³/mol. The van der Waals surface area contributed by atoms with E-state index in [1.807, 2.05) is 54.2 Å². The van der Waals surface area contributed by atoms with Gasteiger partial charge in [0.1, 0.15) is 11.2 Å². The van der Waals surface area contributed by atoms with Gasteiger partial charge >= 0.3 is 0 Å². The highest BCUT2D eigenvalue weighted by molar-refractivity contribution is 7.89. The molecule has 1 saturated heterocycles.